The van der Waals surface area contributed by atoms with Crippen molar-refractivity contribution < 1.29 is 13.5 Å². The van der Waals surface area contributed by atoms with Crippen LogP contribution in [0.15, 0.2) is 112 Å². The summed E-state index contributed by atoms with van der Waals surface area (Å²) in [6.07, 6.45) is 1.73. The molecule has 39 heavy (non-hydrogen) atoms. The molecule has 0 fully saturated rings. The molecule has 6 aromatic rings. The SMILES string of the molecule is Cc1nn(-c2ccccc2)c(C)c1S(=O)(=O)Nc1cc(Sc2cccc3cccnc23)c(O)c2ccccc12. The molecule has 0 amide bonds. The number of sulfonamides is 1. The van der Waals surface area contributed by atoms with Crippen LogP contribution in [0.3, 0.4) is 0 Å². The van der Waals surface area contributed by atoms with Gasteiger partial charge in [-0.25, -0.2) is 13.1 Å². The summed E-state index contributed by atoms with van der Waals surface area (Å²) in [4.78, 5) is 6.00. The number of aromatic nitrogens is 3. The summed E-state index contributed by atoms with van der Waals surface area (Å²) in [6, 6.07) is 28.0. The van der Waals surface area contributed by atoms with E-state index in [1.54, 1.807) is 42.9 Å². The lowest BCUT2D eigenvalue weighted by atomic mass is 10.1. The van der Waals surface area contributed by atoms with Crippen LogP contribution in [-0.4, -0.2) is 28.3 Å². The maximum Gasteiger partial charge on any atom is 0.265 e. The van der Waals surface area contributed by atoms with Gasteiger partial charge in [-0.2, -0.15) is 5.10 Å². The van der Waals surface area contributed by atoms with E-state index in [4.69, 9.17) is 0 Å². The molecule has 194 valence electrons. The van der Waals surface area contributed by atoms with E-state index in [-0.39, 0.29) is 10.6 Å². The van der Waals surface area contributed by atoms with E-state index < -0.39 is 10.0 Å². The summed E-state index contributed by atoms with van der Waals surface area (Å²) in [5, 5.41) is 17.8. The fourth-order valence-electron chi connectivity index (χ4n) is 4.81. The molecule has 6 rings (SSSR count). The van der Waals surface area contributed by atoms with Gasteiger partial charge in [-0.05, 0) is 44.2 Å². The molecule has 0 saturated heterocycles. The number of aryl methyl sites for hydroxylation is 1. The predicted molar refractivity (Wildman–Crippen MR) is 155 cm³/mol. The largest absolute Gasteiger partial charge is 0.506 e. The van der Waals surface area contributed by atoms with E-state index in [2.05, 4.69) is 14.8 Å². The van der Waals surface area contributed by atoms with Gasteiger partial charge >= 0.3 is 0 Å². The number of para-hydroxylation sites is 2. The molecule has 2 N–H and O–H groups in total. The molecule has 4 aromatic carbocycles. The number of hydrogen-bond donors (Lipinski definition) is 2. The van der Waals surface area contributed by atoms with E-state index >= 15 is 0 Å². The third kappa shape index (κ3) is 4.49. The highest BCUT2D eigenvalue weighted by Crippen LogP contribution is 2.44. The standard InChI is InChI=1S/C30H24N4O3S2/c1-19-30(20(2)34(32-19)22-12-4-3-5-13-22)39(36,37)33-25-18-27(29(35)24-15-7-6-14-23(24)25)38-26-16-8-10-21-11-9-17-31-28(21)26/h3-18,33,35H,1-2H3. The number of hydrogen-bond acceptors (Lipinski definition) is 6. The van der Waals surface area contributed by atoms with Crippen molar-refractivity contribution in [1.82, 2.24) is 14.8 Å². The van der Waals surface area contributed by atoms with Crippen LogP contribution in [0.1, 0.15) is 11.4 Å². The third-order valence-corrected chi connectivity index (χ3v) is 9.23. The number of anilines is 1. The first-order chi connectivity index (χ1) is 18.8. The van der Waals surface area contributed by atoms with Crippen LogP contribution in [0.4, 0.5) is 5.69 Å². The molecule has 0 spiro atoms. The van der Waals surface area contributed by atoms with Gasteiger partial charge in [-0.3, -0.25) is 9.71 Å². The quantitative estimate of drug-likeness (QED) is 0.219. The molecule has 0 unspecified atom stereocenters. The first-order valence-electron chi connectivity index (χ1n) is 12.2. The third-order valence-electron chi connectivity index (χ3n) is 6.54. The zero-order chi connectivity index (χ0) is 27.1. The van der Waals surface area contributed by atoms with Crippen molar-refractivity contribution in [3.8, 4) is 11.4 Å². The summed E-state index contributed by atoms with van der Waals surface area (Å²) in [5.74, 6) is 0.0794. The normalized spacial score (nSPS) is 11.7. The number of phenolic OH excluding ortho intramolecular Hbond substituents is 1. The van der Waals surface area contributed by atoms with Crippen molar-refractivity contribution in [2.75, 3.05) is 4.72 Å². The monoisotopic (exact) mass is 552 g/mol. The first-order valence-corrected chi connectivity index (χ1v) is 14.5. The van der Waals surface area contributed by atoms with Crippen LogP contribution >= 0.6 is 11.8 Å². The number of nitrogens with one attached hydrogen (secondary N) is 1. The lowest BCUT2D eigenvalue weighted by Gasteiger charge is -2.15. The van der Waals surface area contributed by atoms with Crippen molar-refractivity contribution in [3.05, 3.63) is 109 Å². The number of aromatic hydroxyl groups is 1. The van der Waals surface area contributed by atoms with E-state index in [1.807, 2.05) is 72.8 Å². The number of nitrogens with zero attached hydrogens (tertiary/aromatic N) is 3. The Hall–Kier alpha value is -4.34. The summed E-state index contributed by atoms with van der Waals surface area (Å²) >= 11 is 1.34. The molecule has 0 aliphatic heterocycles. The lowest BCUT2D eigenvalue weighted by molar-refractivity contribution is 0.469. The fourth-order valence-corrected chi connectivity index (χ4v) is 7.31. The molecule has 0 atom stereocenters. The number of pyridine rings is 1. The van der Waals surface area contributed by atoms with Gasteiger partial charge in [0.05, 0.1) is 33.2 Å². The number of rotatable bonds is 6. The van der Waals surface area contributed by atoms with E-state index in [1.165, 1.54) is 11.8 Å². The Bertz CT molecular complexity index is 1960. The van der Waals surface area contributed by atoms with Gasteiger partial charge in [0.1, 0.15) is 10.6 Å². The molecule has 0 saturated carbocycles. The van der Waals surface area contributed by atoms with E-state index in [0.717, 1.165) is 21.5 Å². The Labute approximate surface area is 230 Å². The Morgan fingerprint density at radius 2 is 1.56 bits per heavy atom. The smallest absolute Gasteiger partial charge is 0.265 e. The maximum absolute atomic E-state index is 13.8. The average molecular weight is 553 g/mol. The number of benzene rings is 4. The van der Waals surface area contributed by atoms with Crippen molar-refractivity contribution in [2.24, 2.45) is 0 Å². The Kier molecular flexibility index (Phi) is 6.25. The molecular weight excluding hydrogens is 528 g/mol. The second kappa shape index (κ2) is 9.76. The van der Waals surface area contributed by atoms with E-state index in [9.17, 15) is 13.5 Å². The maximum atomic E-state index is 13.8. The van der Waals surface area contributed by atoms with Gasteiger partial charge in [0.2, 0.25) is 0 Å². The molecular formula is C30H24N4O3S2. The molecule has 0 radical (unpaired) electrons. The number of phenols is 1. The van der Waals surface area contributed by atoms with E-state index in [0.29, 0.717) is 32.7 Å². The highest BCUT2D eigenvalue weighted by atomic mass is 32.2. The van der Waals surface area contributed by atoms with Crippen LogP contribution in [0.25, 0.3) is 27.4 Å². The van der Waals surface area contributed by atoms with Crippen LogP contribution < -0.4 is 4.72 Å². The molecule has 2 aromatic heterocycles. The zero-order valence-electron chi connectivity index (χ0n) is 21.2. The second-order valence-electron chi connectivity index (χ2n) is 9.10. The van der Waals surface area contributed by atoms with Crippen molar-refractivity contribution in [3.63, 3.8) is 0 Å². The highest BCUT2D eigenvalue weighted by Gasteiger charge is 2.27. The lowest BCUT2D eigenvalue weighted by Crippen LogP contribution is -2.15. The predicted octanol–water partition coefficient (Wildman–Crippen LogP) is 6.85. The van der Waals surface area contributed by atoms with Crippen LogP contribution in [0.2, 0.25) is 0 Å². The van der Waals surface area contributed by atoms with Gasteiger partial charge in [-0.15, -0.1) is 0 Å². The number of fused-ring (bicyclic) bond motifs is 2. The van der Waals surface area contributed by atoms with Gasteiger partial charge in [-0.1, -0.05) is 72.4 Å². The highest BCUT2D eigenvalue weighted by molar-refractivity contribution is 7.99. The van der Waals surface area contributed by atoms with Crippen LogP contribution in [0.5, 0.6) is 5.75 Å². The summed E-state index contributed by atoms with van der Waals surface area (Å²) < 4.78 is 32.1. The Morgan fingerprint density at radius 3 is 2.36 bits per heavy atom. The fraction of sp³-hybridized carbons (Fsp3) is 0.0667. The minimum Gasteiger partial charge on any atom is -0.506 e. The second-order valence-corrected chi connectivity index (χ2v) is 11.8. The Balaban J connectivity index is 1.45. The molecule has 0 bridgehead atoms. The molecule has 0 aliphatic rings. The first kappa shape index (κ1) is 25.0. The summed E-state index contributed by atoms with van der Waals surface area (Å²) in [5.41, 5.74) is 2.84. The topological polar surface area (TPSA) is 97.1 Å². The van der Waals surface area contributed by atoms with Crippen molar-refractivity contribution in [2.45, 2.75) is 28.5 Å². The Morgan fingerprint density at radius 1 is 0.846 bits per heavy atom. The zero-order valence-corrected chi connectivity index (χ0v) is 22.8. The molecule has 7 nitrogen and oxygen atoms in total. The average Bonchev–Trinajstić information content (AvgIpc) is 3.26. The van der Waals surface area contributed by atoms with Crippen LogP contribution in [0, 0.1) is 13.8 Å². The minimum atomic E-state index is -4.03. The van der Waals surface area contributed by atoms with Gasteiger partial charge in [0.25, 0.3) is 10.0 Å². The van der Waals surface area contributed by atoms with Gasteiger partial charge < -0.3 is 5.11 Å². The van der Waals surface area contributed by atoms with Crippen molar-refractivity contribution >= 4 is 49.1 Å². The molecule has 0 aliphatic carbocycles. The summed E-state index contributed by atoms with van der Waals surface area (Å²) in [7, 11) is -4.03. The molecule has 9 heteroatoms. The molecule has 2 heterocycles. The van der Waals surface area contributed by atoms with Crippen molar-refractivity contribution in [1.29, 1.82) is 0 Å². The minimum absolute atomic E-state index is 0.0794. The van der Waals surface area contributed by atoms with Gasteiger partial charge in [0.15, 0.2) is 0 Å². The van der Waals surface area contributed by atoms with Gasteiger partial charge in [0, 0.05) is 27.3 Å². The summed E-state index contributed by atoms with van der Waals surface area (Å²) in [6.45, 7) is 3.43. The van der Waals surface area contributed by atoms with Crippen LogP contribution in [-0.2, 0) is 10.0 Å².